The number of carbonyl (C=O) groups excluding carboxylic acids is 1. The summed E-state index contributed by atoms with van der Waals surface area (Å²) in [6.07, 6.45) is 1.35. The number of nitrogens with one attached hydrogen (secondary N) is 1. The van der Waals surface area contributed by atoms with Crippen molar-refractivity contribution in [3.63, 3.8) is 0 Å². The number of rotatable bonds is 5. The Balaban J connectivity index is 2.78. The van der Waals surface area contributed by atoms with Gasteiger partial charge in [0.2, 0.25) is 0 Å². The minimum Gasteiger partial charge on any atom is -0.395 e. The van der Waals surface area contributed by atoms with Gasteiger partial charge in [0.05, 0.1) is 6.61 Å². The molecule has 0 aliphatic carbocycles. The van der Waals surface area contributed by atoms with Gasteiger partial charge in [-0.25, -0.2) is 0 Å². The fraction of sp³-hybridized carbons (Fsp3) is 0.533. The van der Waals surface area contributed by atoms with Crippen LogP contribution in [0.2, 0.25) is 0 Å². The van der Waals surface area contributed by atoms with E-state index >= 15 is 0 Å². The molecule has 0 spiro atoms. The molecule has 0 aromatic carbocycles. The van der Waals surface area contributed by atoms with Crippen LogP contribution in [0.5, 0.6) is 0 Å². The van der Waals surface area contributed by atoms with Gasteiger partial charge >= 0.3 is 0 Å². The average Bonchev–Trinajstić information content (AvgIpc) is 2.84. The second kappa shape index (κ2) is 7.98. The third-order valence-corrected chi connectivity index (χ3v) is 3.81. The molecular weight excluding hydrogens is 258 g/mol. The van der Waals surface area contributed by atoms with Gasteiger partial charge in [-0.15, -0.1) is 11.3 Å². The Labute approximate surface area is 119 Å². The second-order valence-electron chi connectivity index (χ2n) is 4.67. The third-order valence-electron chi connectivity index (χ3n) is 2.89. The fourth-order valence-electron chi connectivity index (χ4n) is 1.77. The van der Waals surface area contributed by atoms with Gasteiger partial charge in [0, 0.05) is 18.0 Å². The van der Waals surface area contributed by atoms with E-state index in [1.54, 1.807) is 0 Å². The van der Waals surface area contributed by atoms with Crippen LogP contribution in [0, 0.1) is 17.8 Å². The molecule has 0 radical (unpaired) electrons. The van der Waals surface area contributed by atoms with Crippen molar-refractivity contribution in [1.82, 2.24) is 5.32 Å². The van der Waals surface area contributed by atoms with Gasteiger partial charge in [0.15, 0.2) is 0 Å². The first kappa shape index (κ1) is 15.7. The fourth-order valence-corrected chi connectivity index (χ4v) is 2.52. The molecule has 1 rings (SSSR count). The van der Waals surface area contributed by atoms with Gasteiger partial charge in [-0.3, -0.25) is 4.79 Å². The number of thiophene rings is 1. The van der Waals surface area contributed by atoms with E-state index in [-0.39, 0.29) is 18.6 Å². The molecule has 4 heteroatoms. The monoisotopic (exact) mass is 279 g/mol. The molecule has 1 heterocycles. The number of hydrogen-bond acceptors (Lipinski definition) is 3. The first-order valence-corrected chi connectivity index (χ1v) is 7.46. The Hall–Kier alpha value is -1.31. The van der Waals surface area contributed by atoms with Crippen molar-refractivity contribution in [2.75, 3.05) is 6.61 Å². The van der Waals surface area contributed by atoms with Crippen LogP contribution in [-0.2, 0) is 0 Å². The summed E-state index contributed by atoms with van der Waals surface area (Å²) in [7, 11) is 0. The molecule has 1 aromatic heterocycles. The highest BCUT2D eigenvalue weighted by molar-refractivity contribution is 7.12. The number of aliphatic hydroxyl groups is 1. The number of amides is 1. The van der Waals surface area contributed by atoms with Crippen LogP contribution in [0.25, 0.3) is 0 Å². The van der Waals surface area contributed by atoms with E-state index in [2.05, 4.69) is 37.9 Å². The zero-order valence-corrected chi connectivity index (χ0v) is 12.5. The first-order chi connectivity index (χ1) is 9.10. The normalized spacial score (nSPS) is 11.8. The molecule has 0 aliphatic rings. The van der Waals surface area contributed by atoms with Gasteiger partial charge in [0.25, 0.3) is 5.91 Å². The second-order valence-corrected chi connectivity index (χ2v) is 5.59. The Morgan fingerprint density at radius 3 is 2.84 bits per heavy atom. The molecule has 0 fully saturated rings. The van der Waals surface area contributed by atoms with Crippen molar-refractivity contribution in [3.05, 3.63) is 21.9 Å². The average molecular weight is 279 g/mol. The van der Waals surface area contributed by atoms with Crippen LogP contribution >= 0.6 is 11.3 Å². The Kier molecular flexibility index (Phi) is 6.61. The van der Waals surface area contributed by atoms with Crippen molar-refractivity contribution in [2.24, 2.45) is 5.92 Å². The molecule has 0 bridgehead atoms. The largest absolute Gasteiger partial charge is 0.395 e. The van der Waals surface area contributed by atoms with Crippen LogP contribution in [0.4, 0.5) is 0 Å². The molecular formula is C15H21NO2S. The Bertz CT molecular complexity index is 468. The smallest absolute Gasteiger partial charge is 0.262 e. The minimum absolute atomic E-state index is 0.0456. The number of aliphatic hydroxyl groups excluding tert-OH is 1. The minimum atomic E-state index is -0.0520. The molecule has 19 heavy (non-hydrogen) atoms. The summed E-state index contributed by atoms with van der Waals surface area (Å²) in [5.41, 5.74) is 0.745. The Morgan fingerprint density at radius 1 is 1.53 bits per heavy atom. The van der Waals surface area contributed by atoms with Gasteiger partial charge in [0.1, 0.15) is 4.88 Å². The molecule has 104 valence electrons. The van der Waals surface area contributed by atoms with Crippen molar-refractivity contribution < 1.29 is 9.90 Å². The summed E-state index contributed by atoms with van der Waals surface area (Å²) in [6.45, 7) is 6.32. The molecule has 1 amide bonds. The number of hydrogen-bond donors (Lipinski definition) is 2. The maximum absolute atomic E-state index is 12.2. The standard InChI is InChI=1S/C15H21NO2S/c1-4-13(11(2)3)16-15(18)14-12(8-10-19-14)7-5-6-9-17/h8,10-11,13,17H,4,6,9H2,1-3H3,(H,16,18). The highest BCUT2D eigenvalue weighted by atomic mass is 32.1. The zero-order chi connectivity index (χ0) is 14.3. The van der Waals surface area contributed by atoms with Gasteiger partial charge < -0.3 is 10.4 Å². The predicted molar refractivity (Wildman–Crippen MR) is 79.3 cm³/mol. The molecule has 2 N–H and O–H groups in total. The molecule has 0 aliphatic heterocycles. The molecule has 0 saturated heterocycles. The van der Waals surface area contributed by atoms with E-state index in [0.717, 1.165) is 12.0 Å². The first-order valence-electron chi connectivity index (χ1n) is 6.58. The maximum Gasteiger partial charge on any atom is 0.262 e. The van der Waals surface area contributed by atoms with Gasteiger partial charge in [-0.05, 0) is 23.8 Å². The summed E-state index contributed by atoms with van der Waals surface area (Å²) in [4.78, 5) is 12.9. The summed E-state index contributed by atoms with van der Waals surface area (Å²) in [5.74, 6) is 6.15. The lowest BCUT2D eigenvalue weighted by atomic mass is 10.0. The lowest BCUT2D eigenvalue weighted by molar-refractivity contribution is 0.0928. The quantitative estimate of drug-likeness (QED) is 0.814. The lowest BCUT2D eigenvalue weighted by Gasteiger charge is -2.20. The van der Waals surface area contributed by atoms with E-state index in [9.17, 15) is 4.79 Å². The number of carbonyl (C=O) groups is 1. The highest BCUT2D eigenvalue weighted by Crippen LogP contribution is 2.17. The molecule has 3 nitrogen and oxygen atoms in total. The zero-order valence-electron chi connectivity index (χ0n) is 11.7. The summed E-state index contributed by atoms with van der Waals surface area (Å²) < 4.78 is 0. The SMILES string of the molecule is CCC(NC(=O)c1sccc1C#CCCO)C(C)C. The predicted octanol–water partition coefficient (Wildman–Crippen LogP) is 2.65. The van der Waals surface area contributed by atoms with Crippen LogP contribution in [0.3, 0.4) is 0 Å². The summed E-state index contributed by atoms with van der Waals surface area (Å²) in [5, 5.41) is 13.6. The molecule has 1 unspecified atom stereocenters. The molecule has 0 saturated carbocycles. The van der Waals surface area contributed by atoms with Crippen LogP contribution in [0.1, 0.15) is 48.8 Å². The Morgan fingerprint density at radius 2 is 2.26 bits per heavy atom. The molecule has 1 atom stereocenters. The van der Waals surface area contributed by atoms with Crippen LogP contribution in [0.15, 0.2) is 11.4 Å². The topological polar surface area (TPSA) is 49.3 Å². The molecule has 1 aromatic rings. The van der Waals surface area contributed by atoms with E-state index in [1.165, 1.54) is 11.3 Å². The van der Waals surface area contributed by atoms with Crippen molar-refractivity contribution in [3.8, 4) is 11.8 Å². The van der Waals surface area contributed by atoms with Crippen LogP contribution < -0.4 is 5.32 Å². The maximum atomic E-state index is 12.2. The van der Waals surface area contributed by atoms with E-state index in [0.29, 0.717) is 17.2 Å². The lowest BCUT2D eigenvalue weighted by Crippen LogP contribution is -2.37. The van der Waals surface area contributed by atoms with Crippen molar-refractivity contribution in [1.29, 1.82) is 0 Å². The van der Waals surface area contributed by atoms with E-state index < -0.39 is 0 Å². The summed E-state index contributed by atoms with van der Waals surface area (Å²) in [6, 6.07) is 2.04. The van der Waals surface area contributed by atoms with Crippen molar-refractivity contribution >= 4 is 17.2 Å². The van der Waals surface area contributed by atoms with Gasteiger partial charge in [-0.2, -0.15) is 0 Å². The van der Waals surface area contributed by atoms with Crippen molar-refractivity contribution in [2.45, 2.75) is 39.7 Å². The van der Waals surface area contributed by atoms with Gasteiger partial charge in [-0.1, -0.05) is 32.6 Å². The summed E-state index contributed by atoms with van der Waals surface area (Å²) >= 11 is 1.40. The van der Waals surface area contributed by atoms with E-state index in [1.807, 2.05) is 11.4 Å². The highest BCUT2D eigenvalue weighted by Gasteiger charge is 2.18. The van der Waals surface area contributed by atoms with Crippen LogP contribution in [-0.4, -0.2) is 23.7 Å². The third kappa shape index (κ3) is 4.70. The van der Waals surface area contributed by atoms with E-state index in [4.69, 9.17) is 5.11 Å².